The summed E-state index contributed by atoms with van der Waals surface area (Å²) in [5, 5.41) is 19.3. The molecule has 0 aliphatic heterocycles. The van der Waals surface area contributed by atoms with Crippen LogP contribution in [0, 0.1) is 21.4 Å². The minimum Gasteiger partial charge on any atom is -0.294 e. The number of nitriles is 1. The maximum atomic E-state index is 12.6. The Morgan fingerprint density at radius 1 is 1.44 bits per heavy atom. The highest BCUT2D eigenvalue weighted by molar-refractivity contribution is 5.99. The largest absolute Gasteiger partial charge is 0.417 e. The second kappa shape index (κ2) is 4.44. The Labute approximate surface area is 98.6 Å². The first-order valence-electron chi connectivity index (χ1n) is 4.49. The molecule has 5 nitrogen and oxygen atoms in total. The number of nitro groups is 1. The summed E-state index contributed by atoms with van der Waals surface area (Å²) in [5.41, 5.74) is -4.02. The molecule has 0 heterocycles. The van der Waals surface area contributed by atoms with Crippen LogP contribution in [0.4, 0.5) is 18.9 Å². The molecule has 0 aliphatic carbocycles. The number of carbonyl (C=O) groups excluding carboxylic acids is 1. The Balaban J connectivity index is 3.77. The zero-order chi connectivity index (χ0) is 14.1. The lowest BCUT2D eigenvalue weighted by atomic mass is 9.96. The number of ketones is 1. The number of Topliss-reactive ketones (excluding diaryl/α,β-unsaturated/α-hetero) is 1. The first-order valence-corrected chi connectivity index (χ1v) is 4.49. The van der Waals surface area contributed by atoms with Gasteiger partial charge in [0.25, 0.3) is 5.69 Å². The minimum absolute atomic E-state index is 0.426. The van der Waals surface area contributed by atoms with Crippen LogP contribution in [0.2, 0.25) is 0 Å². The van der Waals surface area contributed by atoms with Gasteiger partial charge in [-0.05, 0) is 13.0 Å². The minimum atomic E-state index is -4.86. The fourth-order valence-corrected chi connectivity index (χ4v) is 1.46. The molecule has 1 aromatic rings. The molecule has 0 atom stereocenters. The fourth-order valence-electron chi connectivity index (χ4n) is 1.46. The molecule has 0 aromatic heterocycles. The third kappa shape index (κ3) is 2.29. The monoisotopic (exact) mass is 258 g/mol. The third-order valence-electron chi connectivity index (χ3n) is 2.15. The molecule has 8 heteroatoms. The summed E-state index contributed by atoms with van der Waals surface area (Å²) in [6, 6.07) is 2.27. The molecule has 0 spiro atoms. The normalized spacial score (nSPS) is 10.8. The van der Waals surface area contributed by atoms with E-state index in [1.165, 1.54) is 6.07 Å². The van der Waals surface area contributed by atoms with E-state index in [1.54, 1.807) is 0 Å². The molecule has 0 amide bonds. The van der Waals surface area contributed by atoms with Crippen LogP contribution in [0.3, 0.4) is 0 Å². The molecule has 18 heavy (non-hydrogen) atoms. The van der Waals surface area contributed by atoms with Gasteiger partial charge in [0.2, 0.25) is 0 Å². The summed E-state index contributed by atoms with van der Waals surface area (Å²) in [4.78, 5) is 20.8. The third-order valence-corrected chi connectivity index (χ3v) is 2.15. The van der Waals surface area contributed by atoms with Crippen LogP contribution in [-0.2, 0) is 6.18 Å². The van der Waals surface area contributed by atoms with Crippen molar-refractivity contribution in [2.24, 2.45) is 0 Å². The van der Waals surface area contributed by atoms with E-state index in [-0.39, 0.29) is 0 Å². The van der Waals surface area contributed by atoms with Crippen molar-refractivity contribution in [1.29, 1.82) is 5.26 Å². The fraction of sp³-hybridized carbons (Fsp3) is 0.200. The molecule has 0 saturated carbocycles. The van der Waals surface area contributed by atoms with Crippen molar-refractivity contribution >= 4 is 11.5 Å². The molecular formula is C10H5F3N2O3. The average molecular weight is 258 g/mol. The van der Waals surface area contributed by atoms with Gasteiger partial charge >= 0.3 is 6.18 Å². The summed E-state index contributed by atoms with van der Waals surface area (Å²) >= 11 is 0. The number of nitrogens with zero attached hydrogens (tertiary/aromatic N) is 2. The number of hydrogen-bond donors (Lipinski definition) is 0. The SMILES string of the molecule is CC(=O)c1c(C(F)(F)F)ccc([N+](=O)[O-])c1C#N. The van der Waals surface area contributed by atoms with Gasteiger partial charge in [-0.1, -0.05) is 0 Å². The predicted molar refractivity (Wildman–Crippen MR) is 52.8 cm³/mol. The molecule has 0 unspecified atom stereocenters. The number of halogens is 3. The molecule has 1 aromatic carbocycles. The first-order chi connectivity index (χ1) is 8.20. The number of carbonyl (C=O) groups is 1. The summed E-state index contributed by atoms with van der Waals surface area (Å²) in [5.74, 6) is -1.05. The van der Waals surface area contributed by atoms with Gasteiger partial charge in [0.1, 0.15) is 11.6 Å². The Bertz CT molecular complexity index is 573. The Kier molecular flexibility index (Phi) is 3.37. The number of benzene rings is 1. The van der Waals surface area contributed by atoms with E-state index >= 15 is 0 Å². The van der Waals surface area contributed by atoms with Crippen molar-refractivity contribution in [3.8, 4) is 6.07 Å². The highest BCUT2D eigenvalue weighted by atomic mass is 19.4. The van der Waals surface area contributed by atoms with Gasteiger partial charge in [-0.25, -0.2) is 0 Å². The second-order valence-corrected chi connectivity index (χ2v) is 3.31. The summed E-state index contributed by atoms with van der Waals surface area (Å²) in [7, 11) is 0. The van der Waals surface area contributed by atoms with Gasteiger partial charge in [-0.2, -0.15) is 18.4 Å². The van der Waals surface area contributed by atoms with E-state index in [2.05, 4.69) is 0 Å². The van der Waals surface area contributed by atoms with Crippen LogP contribution in [0.25, 0.3) is 0 Å². The average Bonchev–Trinajstić information content (AvgIpc) is 2.25. The smallest absolute Gasteiger partial charge is 0.294 e. The van der Waals surface area contributed by atoms with Gasteiger partial charge in [0.15, 0.2) is 5.78 Å². The molecule has 0 N–H and O–H groups in total. The first kappa shape index (κ1) is 13.6. The zero-order valence-corrected chi connectivity index (χ0v) is 8.91. The van der Waals surface area contributed by atoms with Crippen molar-refractivity contribution in [2.45, 2.75) is 13.1 Å². The van der Waals surface area contributed by atoms with E-state index in [1.807, 2.05) is 0 Å². The van der Waals surface area contributed by atoms with Gasteiger partial charge < -0.3 is 0 Å². The lowest BCUT2D eigenvalue weighted by molar-refractivity contribution is -0.385. The van der Waals surface area contributed by atoms with Crippen LogP contribution in [0.1, 0.15) is 28.4 Å². The molecule has 0 bridgehead atoms. The van der Waals surface area contributed by atoms with Gasteiger partial charge in [0, 0.05) is 6.07 Å². The molecule has 0 saturated heterocycles. The van der Waals surface area contributed by atoms with Crippen molar-refractivity contribution in [2.75, 3.05) is 0 Å². The standard InChI is InChI=1S/C10H5F3N2O3/c1-5(16)9-6(4-14)8(15(17)18)3-2-7(9)10(11,12)13/h2-3H,1H3. The molecule has 0 aliphatic rings. The lowest BCUT2D eigenvalue weighted by Crippen LogP contribution is -2.14. The maximum Gasteiger partial charge on any atom is 0.417 e. The number of rotatable bonds is 2. The predicted octanol–water partition coefficient (Wildman–Crippen LogP) is 2.69. The van der Waals surface area contributed by atoms with Crippen molar-refractivity contribution < 1.29 is 22.9 Å². The molecule has 0 fully saturated rings. The van der Waals surface area contributed by atoms with E-state index < -0.39 is 39.3 Å². The van der Waals surface area contributed by atoms with Crippen LogP contribution in [0.5, 0.6) is 0 Å². The van der Waals surface area contributed by atoms with Crippen LogP contribution < -0.4 is 0 Å². The van der Waals surface area contributed by atoms with Crippen molar-refractivity contribution in [1.82, 2.24) is 0 Å². The van der Waals surface area contributed by atoms with Crippen LogP contribution in [0.15, 0.2) is 12.1 Å². The Morgan fingerprint density at radius 2 is 2.00 bits per heavy atom. The topological polar surface area (TPSA) is 84.0 Å². The van der Waals surface area contributed by atoms with Gasteiger partial charge in [0.05, 0.1) is 16.1 Å². The number of hydrogen-bond acceptors (Lipinski definition) is 4. The van der Waals surface area contributed by atoms with E-state index in [4.69, 9.17) is 5.26 Å². The lowest BCUT2D eigenvalue weighted by Gasteiger charge is -2.11. The Morgan fingerprint density at radius 3 is 2.33 bits per heavy atom. The molecule has 0 radical (unpaired) electrons. The van der Waals surface area contributed by atoms with E-state index in [0.717, 1.165) is 6.92 Å². The summed E-state index contributed by atoms with van der Waals surface area (Å²) in [6.07, 6.45) is -4.86. The quantitative estimate of drug-likeness (QED) is 0.463. The van der Waals surface area contributed by atoms with E-state index in [9.17, 15) is 28.1 Å². The van der Waals surface area contributed by atoms with Crippen LogP contribution >= 0.6 is 0 Å². The zero-order valence-electron chi connectivity index (χ0n) is 8.91. The van der Waals surface area contributed by atoms with Crippen molar-refractivity contribution in [3.63, 3.8) is 0 Å². The number of alkyl halides is 3. The van der Waals surface area contributed by atoms with Gasteiger partial charge in [-0.3, -0.25) is 14.9 Å². The summed E-state index contributed by atoms with van der Waals surface area (Å²) < 4.78 is 37.9. The molecular weight excluding hydrogens is 253 g/mol. The summed E-state index contributed by atoms with van der Waals surface area (Å²) in [6.45, 7) is 0.815. The molecule has 94 valence electrons. The highest BCUT2D eigenvalue weighted by Gasteiger charge is 2.38. The van der Waals surface area contributed by atoms with Gasteiger partial charge in [-0.15, -0.1) is 0 Å². The second-order valence-electron chi connectivity index (χ2n) is 3.31. The highest BCUT2D eigenvalue weighted by Crippen LogP contribution is 2.36. The Hall–Kier alpha value is -2.43. The van der Waals surface area contributed by atoms with Crippen molar-refractivity contribution in [3.05, 3.63) is 38.9 Å². The molecule has 1 rings (SSSR count). The van der Waals surface area contributed by atoms with E-state index in [0.29, 0.717) is 12.1 Å². The van der Waals surface area contributed by atoms with Crippen LogP contribution in [-0.4, -0.2) is 10.7 Å². The maximum absolute atomic E-state index is 12.6. The number of nitro benzene ring substituents is 1.